The molecular formula is C15H28O2. The minimum atomic E-state index is -0.0802. The van der Waals surface area contributed by atoms with Crippen molar-refractivity contribution in [3.8, 4) is 0 Å². The van der Waals surface area contributed by atoms with Crippen molar-refractivity contribution in [3.05, 3.63) is 23.3 Å². The fourth-order valence-electron chi connectivity index (χ4n) is 1.54. The summed E-state index contributed by atoms with van der Waals surface area (Å²) in [6.45, 7) is 11.9. The molecule has 0 saturated heterocycles. The molecule has 0 aromatic carbocycles. The summed E-state index contributed by atoms with van der Waals surface area (Å²) in [5, 5.41) is 0. The number of ether oxygens (including phenoxy) is 2. The highest BCUT2D eigenvalue weighted by molar-refractivity contribution is 5.02. The predicted octanol–water partition coefficient (Wildman–Crippen LogP) is 4.47. The van der Waals surface area contributed by atoms with Crippen LogP contribution >= 0.6 is 0 Å². The normalized spacial score (nSPS) is 12.0. The van der Waals surface area contributed by atoms with E-state index in [9.17, 15) is 0 Å². The third-order valence-electron chi connectivity index (χ3n) is 2.46. The van der Waals surface area contributed by atoms with Crippen molar-refractivity contribution < 1.29 is 9.47 Å². The summed E-state index contributed by atoms with van der Waals surface area (Å²) in [4.78, 5) is 0. The third-order valence-corrected chi connectivity index (χ3v) is 2.46. The van der Waals surface area contributed by atoms with Crippen LogP contribution in [0, 0.1) is 0 Å². The van der Waals surface area contributed by atoms with E-state index in [4.69, 9.17) is 9.47 Å². The Kier molecular flexibility index (Phi) is 10.2. The average molecular weight is 240 g/mol. The second-order valence-electron chi connectivity index (χ2n) is 4.45. The molecule has 0 aromatic heterocycles. The third kappa shape index (κ3) is 10.3. The van der Waals surface area contributed by atoms with Gasteiger partial charge >= 0.3 is 0 Å². The zero-order valence-corrected chi connectivity index (χ0v) is 12.1. The maximum Gasteiger partial charge on any atom is 0.160 e. The molecule has 2 heteroatoms. The highest BCUT2D eigenvalue weighted by atomic mass is 16.7. The van der Waals surface area contributed by atoms with Gasteiger partial charge in [-0.05, 0) is 47.5 Å². The molecule has 17 heavy (non-hydrogen) atoms. The molecule has 0 radical (unpaired) electrons. The van der Waals surface area contributed by atoms with Crippen molar-refractivity contribution in [1.29, 1.82) is 0 Å². The Hall–Kier alpha value is -0.600. The first-order valence-corrected chi connectivity index (χ1v) is 6.62. The molecule has 0 amide bonds. The van der Waals surface area contributed by atoms with Crippen LogP contribution < -0.4 is 0 Å². The van der Waals surface area contributed by atoms with Crippen molar-refractivity contribution in [2.75, 3.05) is 13.2 Å². The van der Waals surface area contributed by atoms with Gasteiger partial charge < -0.3 is 9.47 Å². The van der Waals surface area contributed by atoms with Crippen LogP contribution in [0.25, 0.3) is 0 Å². The van der Waals surface area contributed by atoms with Gasteiger partial charge in [-0.3, -0.25) is 0 Å². The van der Waals surface area contributed by atoms with E-state index in [0.29, 0.717) is 13.2 Å². The van der Waals surface area contributed by atoms with Gasteiger partial charge in [0.05, 0.1) is 0 Å². The van der Waals surface area contributed by atoms with E-state index in [2.05, 4.69) is 32.9 Å². The molecule has 0 bridgehead atoms. The van der Waals surface area contributed by atoms with Crippen LogP contribution in [-0.4, -0.2) is 19.5 Å². The van der Waals surface area contributed by atoms with Gasteiger partial charge in [0.15, 0.2) is 6.29 Å². The van der Waals surface area contributed by atoms with Crippen molar-refractivity contribution in [3.63, 3.8) is 0 Å². The second-order valence-corrected chi connectivity index (χ2v) is 4.45. The Morgan fingerprint density at radius 3 is 2.06 bits per heavy atom. The van der Waals surface area contributed by atoms with E-state index in [1.165, 1.54) is 11.1 Å². The summed E-state index contributed by atoms with van der Waals surface area (Å²) < 4.78 is 11.0. The van der Waals surface area contributed by atoms with Gasteiger partial charge in [-0.25, -0.2) is 0 Å². The molecule has 0 aliphatic carbocycles. The molecular weight excluding hydrogens is 212 g/mol. The van der Waals surface area contributed by atoms with Gasteiger partial charge in [0.25, 0.3) is 0 Å². The molecule has 0 aliphatic heterocycles. The highest BCUT2D eigenvalue weighted by Gasteiger charge is 2.05. The molecule has 2 nitrogen and oxygen atoms in total. The Labute approximate surface area is 107 Å². The molecule has 0 rings (SSSR count). The van der Waals surface area contributed by atoms with Gasteiger partial charge in [-0.2, -0.15) is 0 Å². The van der Waals surface area contributed by atoms with Crippen molar-refractivity contribution in [2.24, 2.45) is 0 Å². The highest BCUT2D eigenvalue weighted by Crippen LogP contribution is 2.10. The monoisotopic (exact) mass is 240 g/mol. The summed E-state index contributed by atoms with van der Waals surface area (Å²) in [7, 11) is 0. The lowest BCUT2D eigenvalue weighted by atomic mass is 10.1. The van der Waals surface area contributed by atoms with E-state index in [1.54, 1.807) is 0 Å². The molecule has 0 N–H and O–H groups in total. The topological polar surface area (TPSA) is 18.5 Å². The fourth-order valence-corrected chi connectivity index (χ4v) is 1.54. The Morgan fingerprint density at radius 1 is 1.00 bits per heavy atom. The van der Waals surface area contributed by atoms with E-state index in [1.807, 2.05) is 13.8 Å². The molecule has 0 spiro atoms. The lowest BCUT2D eigenvalue weighted by molar-refractivity contribution is -0.133. The van der Waals surface area contributed by atoms with Crippen LogP contribution in [0.15, 0.2) is 23.3 Å². The second kappa shape index (κ2) is 10.5. The minimum Gasteiger partial charge on any atom is -0.353 e. The molecule has 0 atom stereocenters. The quantitative estimate of drug-likeness (QED) is 0.437. The maximum atomic E-state index is 5.50. The Balaban J connectivity index is 3.96. The lowest BCUT2D eigenvalue weighted by Gasteiger charge is -2.15. The SMILES string of the molecule is CCOC(CC=C(C)CCC=C(C)C)OCC. The summed E-state index contributed by atoms with van der Waals surface area (Å²) in [5.41, 5.74) is 2.80. The van der Waals surface area contributed by atoms with E-state index in [0.717, 1.165) is 19.3 Å². The number of allylic oxidation sites excluding steroid dienone is 3. The Morgan fingerprint density at radius 2 is 1.59 bits per heavy atom. The van der Waals surface area contributed by atoms with Gasteiger partial charge in [0, 0.05) is 19.6 Å². The summed E-state index contributed by atoms with van der Waals surface area (Å²) in [6.07, 6.45) is 7.52. The smallest absolute Gasteiger partial charge is 0.160 e. The molecule has 0 unspecified atom stereocenters. The molecule has 0 fully saturated rings. The molecule has 0 aliphatic rings. The van der Waals surface area contributed by atoms with Gasteiger partial charge in [0.1, 0.15) is 0 Å². The first kappa shape index (κ1) is 16.4. The van der Waals surface area contributed by atoms with Crippen LogP contribution in [0.1, 0.15) is 53.9 Å². The van der Waals surface area contributed by atoms with Crippen molar-refractivity contribution >= 4 is 0 Å². The van der Waals surface area contributed by atoms with E-state index >= 15 is 0 Å². The van der Waals surface area contributed by atoms with E-state index < -0.39 is 0 Å². The Bertz CT molecular complexity index is 231. The first-order valence-electron chi connectivity index (χ1n) is 6.62. The summed E-state index contributed by atoms with van der Waals surface area (Å²) in [6, 6.07) is 0. The molecule has 0 aromatic rings. The molecule has 0 heterocycles. The van der Waals surface area contributed by atoms with Gasteiger partial charge in [-0.1, -0.05) is 23.3 Å². The van der Waals surface area contributed by atoms with Gasteiger partial charge in [0.2, 0.25) is 0 Å². The molecule has 0 saturated carbocycles. The van der Waals surface area contributed by atoms with Crippen LogP contribution in [0.2, 0.25) is 0 Å². The fraction of sp³-hybridized carbons (Fsp3) is 0.733. The van der Waals surface area contributed by atoms with Gasteiger partial charge in [-0.15, -0.1) is 0 Å². The van der Waals surface area contributed by atoms with Crippen LogP contribution in [0.3, 0.4) is 0 Å². The predicted molar refractivity (Wildman–Crippen MR) is 74.1 cm³/mol. The largest absolute Gasteiger partial charge is 0.353 e. The van der Waals surface area contributed by atoms with Crippen molar-refractivity contribution in [1.82, 2.24) is 0 Å². The summed E-state index contributed by atoms with van der Waals surface area (Å²) >= 11 is 0. The minimum absolute atomic E-state index is 0.0802. The molecule has 100 valence electrons. The number of hydrogen-bond donors (Lipinski definition) is 0. The van der Waals surface area contributed by atoms with Crippen LogP contribution in [0.4, 0.5) is 0 Å². The van der Waals surface area contributed by atoms with Crippen LogP contribution in [-0.2, 0) is 9.47 Å². The summed E-state index contributed by atoms with van der Waals surface area (Å²) in [5.74, 6) is 0. The maximum absolute atomic E-state index is 5.50. The average Bonchev–Trinajstić information content (AvgIpc) is 2.26. The zero-order valence-electron chi connectivity index (χ0n) is 12.1. The number of hydrogen-bond acceptors (Lipinski definition) is 2. The van der Waals surface area contributed by atoms with E-state index in [-0.39, 0.29) is 6.29 Å². The van der Waals surface area contributed by atoms with Crippen molar-refractivity contribution in [2.45, 2.75) is 60.2 Å². The number of rotatable bonds is 9. The first-order chi connectivity index (χ1) is 8.10. The van der Waals surface area contributed by atoms with Crippen LogP contribution in [0.5, 0.6) is 0 Å². The lowest BCUT2D eigenvalue weighted by Crippen LogP contribution is -2.16. The zero-order chi connectivity index (χ0) is 13.1. The standard InChI is InChI=1S/C15H28O2/c1-6-16-15(17-7-2)12-11-14(5)10-8-9-13(3)4/h9,11,15H,6-8,10,12H2,1-5H3.